The molecule has 0 amide bonds. The first-order valence-electron chi connectivity index (χ1n) is 7.16. The van der Waals surface area contributed by atoms with Gasteiger partial charge < -0.3 is 5.11 Å². The zero-order valence-electron chi connectivity index (χ0n) is 12.3. The van der Waals surface area contributed by atoms with E-state index in [0.717, 1.165) is 24.8 Å². The van der Waals surface area contributed by atoms with Gasteiger partial charge in [-0.1, -0.05) is 19.9 Å². The average molecular weight is 311 g/mol. The molecule has 1 aromatic rings. The Bertz CT molecular complexity index is 637. The molecule has 0 fully saturated rings. The minimum atomic E-state index is -3.80. The third kappa shape index (κ3) is 3.83. The highest BCUT2D eigenvalue weighted by molar-refractivity contribution is 7.89. The fraction of sp³-hybridized carbons (Fsp3) is 0.533. The van der Waals surface area contributed by atoms with Crippen molar-refractivity contribution in [2.75, 3.05) is 0 Å². The molecule has 1 aliphatic rings. The van der Waals surface area contributed by atoms with Gasteiger partial charge in [0.15, 0.2) is 0 Å². The van der Waals surface area contributed by atoms with Gasteiger partial charge in [-0.3, -0.25) is 4.79 Å². The van der Waals surface area contributed by atoms with Gasteiger partial charge in [0, 0.05) is 0 Å². The number of fused-ring (bicyclic) bond motifs is 1. The third-order valence-corrected chi connectivity index (χ3v) is 5.15. The first-order chi connectivity index (χ1) is 9.79. The first kappa shape index (κ1) is 16.0. The summed E-state index contributed by atoms with van der Waals surface area (Å²) in [6.45, 7) is 3.72. The van der Waals surface area contributed by atoms with Crippen LogP contribution in [0.1, 0.15) is 37.8 Å². The Hall–Kier alpha value is -1.40. The number of rotatable bonds is 6. The van der Waals surface area contributed by atoms with E-state index < -0.39 is 22.0 Å². The zero-order valence-corrected chi connectivity index (χ0v) is 13.1. The Labute approximate surface area is 125 Å². The van der Waals surface area contributed by atoms with Gasteiger partial charge in [0.2, 0.25) is 10.0 Å². The molecule has 0 aliphatic heterocycles. The molecule has 21 heavy (non-hydrogen) atoms. The number of benzene rings is 1. The Morgan fingerprint density at radius 1 is 1.29 bits per heavy atom. The fourth-order valence-electron chi connectivity index (χ4n) is 2.64. The van der Waals surface area contributed by atoms with Crippen LogP contribution < -0.4 is 4.72 Å². The normalized spacial score (nSPS) is 16.0. The van der Waals surface area contributed by atoms with Crippen LogP contribution >= 0.6 is 0 Å². The molecule has 116 valence electrons. The Kier molecular flexibility index (Phi) is 4.68. The van der Waals surface area contributed by atoms with Crippen molar-refractivity contribution in [2.45, 2.75) is 50.5 Å². The summed E-state index contributed by atoms with van der Waals surface area (Å²) >= 11 is 0. The quantitative estimate of drug-likeness (QED) is 0.841. The molecular weight excluding hydrogens is 290 g/mol. The molecule has 0 bridgehead atoms. The summed E-state index contributed by atoms with van der Waals surface area (Å²) in [6, 6.07) is 3.96. The molecular formula is C15H21NO4S. The van der Waals surface area contributed by atoms with Gasteiger partial charge in [-0.05, 0) is 54.9 Å². The van der Waals surface area contributed by atoms with Crippen molar-refractivity contribution in [2.24, 2.45) is 5.92 Å². The third-order valence-electron chi connectivity index (χ3n) is 3.68. The van der Waals surface area contributed by atoms with Crippen LogP contribution in [0.3, 0.4) is 0 Å². The average Bonchev–Trinajstić information content (AvgIpc) is 2.84. The van der Waals surface area contributed by atoms with Crippen molar-refractivity contribution in [1.29, 1.82) is 0 Å². The van der Waals surface area contributed by atoms with Crippen LogP contribution in [0.25, 0.3) is 0 Å². The van der Waals surface area contributed by atoms with Gasteiger partial charge in [-0.15, -0.1) is 0 Å². The van der Waals surface area contributed by atoms with Crippen molar-refractivity contribution in [3.63, 3.8) is 0 Å². The molecule has 0 heterocycles. The Morgan fingerprint density at radius 2 is 1.95 bits per heavy atom. The second-order valence-corrected chi connectivity index (χ2v) is 7.64. The number of carbonyl (C=O) groups is 1. The summed E-state index contributed by atoms with van der Waals surface area (Å²) in [7, 11) is -3.80. The lowest BCUT2D eigenvalue weighted by atomic mass is 10.1. The van der Waals surface area contributed by atoms with Crippen LogP contribution in [-0.2, 0) is 27.7 Å². The number of hydrogen-bond acceptors (Lipinski definition) is 3. The van der Waals surface area contributed by atoms with Crippen molar-refractivity contribution in [1.82, 2.24) is 4.72 Å². The maximum atomic E-state index is 12.4. The minimum absolute atomic E-state index is 0.0915. The van der Waals surface area contributed by atoms with Crippen LogP contribution in [0.15, 0.2) is 23.1 Å². The van der Waals surface area contributed by atoms with Gasteiger partial charge in [-0.2, -0.15) is 4.72 Å². The predicted molar refractivity (Wildman–Crippen MR) is 79.7 cm³/mol. The second-order valence-electron chi connectivity index (χ2n) is 5.93. The SMILES string of the molecule is CC(C)CC(NS(=O)(=O)c1ccc2c(c1)CCC2)C(=O)O. The van der Waals surface area contributed by atoms with E-state index in [1.807, 2.05) is 19.9 Å². The topological polar surface area (TPSA) is 83.5 Å². The first-order valence-corrected chi connectivity index (χ1v) is 8.65. The molecule has 0 radical (unpaired) electrons. The summed E-state index contributed by atoms with van der Waals surface area (Å²) in [6.07, 6.45) is 3.16. The number of aryl methyl sites for hydroxylation is 2. The monoisotopic (exact) mass is 311 g/mol. The Morgan fingerprint density at radius 3 is 2.57 bits per heavy atom. The van der Waals surface area contributed by atoms with E-state index in [4.69, 9.17) is 5.11 Å². The number of sulfonamides is 1. The van der Waals surface area contributed by atoms with Gasteiger partial charge in [-0.25, -0.2) is 8.42 Å². The molecule has 1 aromatic carbocycles. The lowest BCUT2D eigenvalue weighted by Gasteiger charge is -2.17. The van der Waals surface area contributed by atoms with Crippen molar-refractivity contribution >= 4 is 16.0 Å². The van der Waals surface area contributed by atoms with E-state index in [2.05, 4.69) is 4.72 Å². The molecule has 0 saturated heterocycles. The molecule has 6 heteroatoms. The van der Waals surface area contributed by atoms with Gasteiger partial charge >= 0.3 is 5.97 Å². The molecule has 1 unspecified atom stereocenters. The van der Waals surface area contributed by atoms with E-state index >= 15 is 0 Å². The highest BCUT2D eigenvalue weighted by Crippen LogP contribution is 2.25. The van der Waals surface area contributed by atoms with Gasteiger partial charge in [0.1, 0.15) is 6.04 Å². The van der Waals surface area contributed by atoms with E-state index in [-0.39, 0.29) is 17.2 Å². The van der Waals surface area contributed by atoms with Crippen LogP contribution in [0.5, 0.6) is 0 Å². The molecule has 1 atom stereocenters. The van der Waals surface area contributed by atoms with E-state index in [9.17, 15) is 13.2 Å². The lowest BCUT2D eigenvalue weighted by molar-refractivity contribution is -0.139. The molecule has 0 saturated carbocycles. The van der Waals surface area contributed by atoms with Crippen molar-refractivity contribution in [3.8, 4) is 0 Å². The maximum Gasteiger partial charge on any atom is 0.321 e. The van der Waals surface area contributed by atoms with Crippen molar-refractivity contribution in [3.05, 3.63) is 29.3 Å². The smallest absolute Gasteiger partial charge is 0.321 e. The lowest BCUT2D eigenvalue weighted by Crippen LogP contribution is -2.41. The van der Waals surface area contributed by atoms with E-state index in [0.29, 0.717) is 0 Å². The standard InChI is InChI=1S/C15H21NO4S/c1-10(2)8-14(15(17)18)16-21(19,20)13-7-6-11-4-3-5-12(11)9-13/h6-7,9-10,14,16H,3-5,8H2,1-2H3,(H,17,18). The number of nitrogens with one attached hydrogen (secondary N) is 1. The van der Waals surface area contributed by atoms with Crippen LogP contribution in [-0.4, -0.2) is 25.5 Å². The van der Waals surface area contributed by atoms with Crippen LogP contribution in [0, 0.1) is 5.92 Å². The second kappa shape index (κ2) is 6.15. The van der Waals surface area contributed by atoms with Gasteiger partial charge in [0.25, 0.3) is 0 Å². The summed E-state index contributed by atoms with van der Waals surface area (Å²) in [5.41, 5.74) is 2.24. The molecule has 2 N–H and O–H groups in total. The molecule has 5 nitrogen and oxygen atoms in total. The Balaban J connectivity index is 2.23. The highest BCUT2D eigenvalue weighted by Gasteiger charge is 2.26. The fourth-order valence-corrected chi connectivity index (χ4v) is 3.89. The van der Waals surface area contributed by atoms with Crippen LogP contribution in [0.2, 0.25) is 0 Å². The zero-order chi connectivity index (χ0) is 15.6. The number of carboxylic acid groups (broad SMARTS) is 1. The van der Waals surface area contributed by atoms with E-state index in [1.165, 1.54) is 5.56 Å². The molecule has 0 spiro atoms. The van der Waals surface area contributed by atoms with Gasteiger partial charge in [0.05, 0.1) is 4.90 Å². The summed E-state index contributed by atoms with van der Waals surface area (Å²) in [4.78, 5) is 11.4. The molecule has 2 rings (SSSR count). The minimum Gasteiger partial charge on any atom is -0.480 e. The maximum absolute atomic E-state index is 12.4. The predicted octanol–water partition coefficient (Wildman–Crippen LogP) is 1.95. The molecule has 1 aliphatic carbocycles. The van der Waals surface area contributed by atoms with Crippen LogP contribution in [0.4, 0.5) is 0 Å². The largest absolute Gasteiger partial charge is 0.480 e. The summed E-state index contributed by atoms with van der Waals surface area (Å²) in [5.74, 6) is -1.05. The number of aliphatic carboxylic acids is 1. The van der Waals surface area contributed by atoms with Crippen molar-refractivity contribution < 1.29 is 18.3 Å². The summed E-state index contributed by atoms with van der Waals surface area (Å²) < 4.78 is 27.0. The van der Waals surface area contributed by atoms with E-state index in [1.54, 1.807) is 12.1 Å². The highest BCUT2D eigenvalue weighted by atomic mass is 32.2. The summed E-state index contributed by atoms with van der Waals surface area (Å²) in [5, 5.41) is 9.16. The molecule has 0 aromatic heterocycles. The number of hydrogen-bond donors (Lipinski definition) is 2. The number of carboxylic acids is 1.